The number of aldehydes is 1. The zero-order chi connectivity index (χ0) is 17.7. The molecule has 1 aromatic carbocycles. The van der Waals surface area contributed by atoms with Crippen LogP contribution in [-0.4, -0.2) is 28.7 Å². The summed E-state index contributed by atoms with van der Waals surface area (Å²) in [5, 5.41) is 23.1. The molecule has 0 aliphatic carbocycles. The molecule has 0 saturated carbocycles. The number of non-ortho nitro benzene ring substituents is 1. The van der Waals surface area contributed by atoms with Crippen LogP contribution in [0.4, 0.5) is 10.5 Å². The topological polar surface area (TPSA) is 116 Å². The first-order valence-corrected chi connectivity index (χ1v) is 7.36. The van der Waals surface area contributed by atoms with Crippen molar-refractivity contribution in [3.05, 3.63) is 51.2 Å². The number of allylic oxidation sites excluding steroid dienone is 1. The maximum absolute atomic E-state index is 12.3. The number of carbonyl (C=O) groups excluding carboxylic acids is 2. The van der Waals surface area contributed by atoms with E-state index in [9.17, 15) is 25.0 Å². The molecule has 1 aliphatic heterocycles. The highest BCUT2D eigenvalue weighted by atomic mass is 16.6. The van der Waals surface area contributed by atoms with E-state index in [1.54, 1.807) is 13.0 Å². The van der Waals surface area contributed by atoms with Crippen molar-refractivity contribution < 1.29 is 14.5 Å². The molecule has 0 bridgehead atoms. The van der Waals surface area contributed by atoms with Gasteiger partial charge in [0.25, 0.3) is 5.69 Å². The third-order valence-electron chi connectivity index (χ3n) is 3.83. The van der Waals surface area contributed by atoms with Crippen LogP contribution in [0.1, 0.15) is 31.4 Å². The Morgan fingerprint density at radius 1 is 1.50 bits per heavy atom. The molecule has 1 aromatic rings. The van der Waals surface area contributed by atoms with Crippen molar-refractivity contribution in [3.8, 4) is 6.07 Å². The van der Waals surface area contributed by atoms with Gasteiger partial charge in [-0.05, 0) is 18.9 Å². The average molecular weight is 328 g/mol. The number of carbonyl (C=O) groups is 2. The highest BCUT2D eigenvalue weighted by Gasteiger charge is 2.32. The standard InChI is InChI=1S/C16H16N4O4/c1-11-14(10-17)15(12-5-4-6-13(9-12)20(23)24)18-16(22)19(11)7-2-3-8-21/h4-6,8-9,15H,2-3,7H2,1H3,(H,18,22). The molecule has 1 aliphatic rings. The molecule has 8 nitrogen and oxygen atoms in total. The fourth-order valence-corrected chi connectivity index (χ4v) is 2.60. The van der Waals surface area contributed by atoms with Gasteiger partial charge in [0.15, 0.2) is 0 Å². The molecule has 0 saturated heterocycles. The zero-order valence-electron chi connectivity index (χ0n) is 13.1. The molecular weight excluding hydrogens is 312 g/mol. The van der Waals surface area contributed by atoms with Crippen LogP contribution < -0.4 is 5.32 Å². The Kier molecular flexibility index (Phi) is 5.27. The first-order chi connectivity index (χ1) is 11.5. The number of urea groups is 1. The van der Waals surface area contributed by atoms with Gasteiger partial charge >= 0.3 is 6.03 Å². The van der Waals surface area contributed by atoms with E-state index in [0.29, 0.717) is 36.2 Å². The number of hydrogen-bond donors (Lipinski definition) is 1. The average Bonchev–Trinajstić information content (AvgIpc) is 2.57. The fourth-order valence-electron chi connectivity index (χ4n) is 2.60. The minimum atomic E-state index is -0.732. The van der Waals surface area contributed by atoms with E-state index in [1.807, 2.05) is 0 Å². The van der Waals surface area contributed by atoms with Crippen molar-refractivity contribution in [2.24, 2.45) is 0 Å². The SMILES string of the molecule is CC1=C(C#N)C(c2cccc([N+](=O)[O-])c2)NC(=O)N1CCCC=O. The minimum absolute atomic E-state index is 0.106. The molecular formula is C16H16N4O4. The molecule has 1 unspecified atom stereocenters. The van der Waals surface area contributed by atoms with Gasteiger partial charge in [-0.3, -0.25) is 15.0 Å². The monoisotopic (exact) mass is 328 g/mol. The van der Waals surface area contributed by atoms with E-state index < -0.39 is 17.0 Å². The highest BCUT2D eigenvalue weighted by molar-refractivity contribution is 5.80. The zero-order valence-corrected chi connectivity index (χ0v) is 13.1. The molecule has 2 amide bonds. The van der Waals surface area contributed by atoms with Crippen LogP contribution in [0.2, 0.25) is 0 Å². The van der Waals surface area contributed by atoms with E-state index in [4.69, 9.17) is 0 Å². The summed E-state index contributed by atoms with van der Waals surface area (Å²) in [7, 11) is 0. The van der Waals surface area contributed by atoms with E-state index in [-0.39, 0.29) is 5.69 Å². The Morgan fingerprint density at radius 2 is 2.25 bits per heavy atom. The molecule has 1 atom stereocenters. The van der Waals surface area contributed by atoms with Gasteiger partial charge in [-0.1, -0.05) is 12.1 Å². The third-order valence-corrected chi connectivity index (χ3v) is 3.83. The summed E-state index contributed by atoms with van der Waals surface area (Å²) < 4.78 is 0. The predicted molar refractivity (Wildman–Crippen MR) is 84.7 cm³/mol. The number of nitrogens with one attached hydrogen (secondary N) is 1. The minimum Gasteiger partial charge on any atom is -0.326 e. The lowest BCUT2D eigenvalue weighted by molar-refractivity contribution is -0.384. The van der Waals surface area contributed by atoms with Gasteiger partial charge in [0, 0.05) is 30.8 Å². The van der Waals surface area contributed by atoms with Crippen LogP contribution in [0, 0.1) is 21.4 Å². The summed E-state index contributed by atoms with van der Waals surface area (Å²) in [5.41, 5.74) is 1.18. The van der Waals surface area contributed by atoms with Crippen LogP contribution in [0.25, 0.3) is 0 Å². The molecule has 0 radical (unpaired) electrons. The highest BCUT2D eigenvalue weighted by Crippen LogP contribution is 2.31. The molecule has 1 N–H and O–H groups in total. The number of nitrogens with zero attached hydrogens (tertiary/aromatic N) is 3. The van der Waals surface area contributed by atoms with E-state index in [2.05, 4.69) is 11.4 Å². The number of benzene rings is 1. The quantitative estimate of drug-likeness (QED) is 0.372. The van der Waals surface area contributed by atoms with Gasteiger partial charge in [-0.25, -0.2) is 4.79 Å². The van der Waals surface area contributed by atoms with Crippen molar-refractivity contribution in [3.63, 3.8) is 0 Å². The van der Waals surface area contributed by atoms with Crippen LogP contribution in [0.5, 0.6) is 0 Å². The van der Waals surface area contributed by atoms with E-state index >= 15 is 0 Å². The van der Waals surface area contributed by atoms with Crippen LogP contribution in [-0.2, 0) is 4.79 Å². The number of unbranched alkanes of at least 4 members (excludes halogenated alkanes) is 1. The smallest absolute Gasteiger partial charge is 0.322 e. The summed E-state index contributed by atoms with van der Waals surface area (Å²) in [6.45, 7) is 1.98. The molecule has 0 fully saturated rings. The van der Waals surface area contributed by atoms with Gasteiger partial charge in [0.1, 0.15) is 6.29 Å². The number of amides is 2. The second-order valence-corrected chi connectivity index (χ2v) is 5.31. The van der Waals surface area contributed by atoms with Gasteiger partial charge in [0.2, 0.25) is 0 Å². The van der Waals surface area contributed by atoms with Crippen molar-refractivity contribution in [2.45, 2.75) is 25.8 Å². The lowest BCUT2D eigenvalue weighted by Crippen LogP contribution is -2.46. The van der Waals surface area contributed by atoms with Gasteiger partial charge in [-0.15, -0.1) is 0 Å². The third kappa shape index (κ3) is 3.41. The number of nitro groups is 1. The van der Waals surface area contributed by atoms with Gasteiger partial charge in [-0.2, -0.15) is 5.26 Å². The van der Waals surface area contributed by atoms with E-state index in [1.165, 1.54) is 23.1 Å². The van der Waals surface area contributed by atoms with Crippen LogP contribution in [0.15, 0.2) is 35.5 Å². The van der Waals surface area contributed by atoms with Crippen molar-refractivity contribution >= 4 is 18.0 Å². The normalized spacial score (nSPS) is 17.2. The maximum atomic E-state index is 12.3. The van der Waals surface area contributed by atoms with Crippen LogP contribution >= 0.6 is 0 Å². The van der Waals surface area contributed by atoms with E-state index in [0.717, 1.165) is 6.29 Å². The molecule has 0 spiro atoms. The Bertz CT molecular complexity index is 751. The fraction of sp³-hybridized carbons (Fsp3) is 0.312. The largest absolute Gasteiger partial charge is 0.326 e. The second-order valence-electron chi connectivity index (χ2n) is 5.31. The first kappa shape index (κ1) is 17.1. The Labute approximate surface area is 138 Å². The molecule has 1 heterocycles. The van der Waals surface area contributed by atoms with Crippen LogP contribution in [0.3, 0.4) is 0 Å². The summed E-state index contributed by atoms with van der Waals surface area (Å²) in [6, 6.07) is 6.79. The lowest BCUT2D eigenvalue weighted by atomic mass is 9.95. The second kappa shape index (κ2) is 7.37. The molecule has 24 heavy (non-hydrogen) atoms. The molecule has 0 aromatic heterocycles. The number of hydrogen-bond acceptors (Lipinski definition) is 5. The summed E-state index contributed by atoms with van der Waals surface area (Å²) >= 11 is 0. The summed E-state index contributed by atoms with van der Waals surface area (Å²) in [4.78, 5) is 34.5. The number of nitriles is 1. The van der Waals surface area contributed by atoms with Crippen molar-refractivity contribution in [2.75, 3.05) is 6.54 Å². The summed E-state index contributed by atoms with van der Waals surface area (Å²) in [5.74, 6) is 0. The summed E-state index contributed by atoms with van der Waals surface area (Å²) in [6.07, 6.45) is 1.60. The van der Waals surface area contributed by atoms with Crippen molar-refractivity contribution in [1.82, 2.24) is 10.2 Å². The maximum Gasteiger partial charge on any atom is 0.322 e. The van der Waals surface area contributed by atoms with Gasteiger partial charge < -0.3 is 10.1 Å². The predicted octanol–water partition coefficient (Wildman–Crippen LogP) is 2.44. The van der Waals surface area contributed by atoms with Crippen molar-refractivity contribution in [1.29, 1.82) is 5.26 Å². The Hall–Kier alpha value is -3.21. The Balaban J connectivity index is 2.37. The lowest BCUT2D eigenvalue weighted by Gasteiger charge is -2.33. The molecule has 124 valence electrons. The molecule has 8 heteroatoms. The molecule has 2 rings (SSSR count). The first-order valence-electron chi connectivity index (χ1n) is 7.36. The Morgan fingerprint density at radius 3 is 2.88 bits per heavy atom. The van der Waals surface area contributed by atoms with Gasteiger partial charge in [0.05, 0.1) is 22.6 Å². The number of rotatable bonds is 6. The number of nitro benzene ring substituents is 1.